The zero-order chi connectivity index (χ0) is 16.2. The van der Waals surface area contributed by atoms with E-state index in [1.807, 2.05) is 34.5 Å². The average Bonchev–Trinajstić information content (AvgIpc) is 3.03. The molecule has 2 heterocycles. The van der Waals surface area contributed by atoms with Crippen molar-refractivity contribution in [1.82, 2.24) is 14.8 Å². The van der Waals surface area contributed by atoms with E-state index in [4.69, 9.17) is 11.6 Å². The smallest absolute Gasteiger partial charge is 0.302 e. The molecule has 122 valence electrons. The fraction of sp³-hybridized carbons (Fsp3) is 0.333. The van der Waals surface area contributed by atoms with Crippen LogP contribution in [0.4, 0.5) is 9.93 Å². The van der Waals surface area contributed by atoms with Crippen LogP contribution in [0.5, 0.6) is 0 Å². The number of amides is 1. The van der Waals surface area contributed by atoms with Gasteiger partial charge in [0.1, 0.15) is 0 Å². The van der Waals surface area contributed by atoms with E-state index in [9.17, 15) is 4.79 Å². The quantitative estimate of drug-likeness (QED) is 0.833. The zero-order valence-electron chi connectivity index (χ0n) is 12.7. The van der Waals surface area contributed by atoms with Gasteiger partial charge < -0.3 is 9.80 Å². The Morgan fingerprint density at radius 2 is 1.96 bits per heavy atom. The second-order valence-corrected chi connectivity index (χ2v) is 7.36. The van der Waals surface area contributed by atoms with Crippen molar-refractivity contribution in [1.29, 1.82) is 0 Å². The Morgan fingerprint density at radius 1 is 1.26 bits per heavy atom. The Kier molecular flexibility index (Phi) is 5.42. The lowest BCUT2D eigenvalue weighted by molar-refractivity contribution is 0.172. The molecule has 1 aliphatic rings. The highest BCUT2D eigenvalue weighted by Gasteiger charge is 2.19. The summed E-state index contributed by atoms with van der Waals surface area (Å²) in [5.41, 5.74) is 1.89. The molecular weight excluding hydrogens is 352 g/mol. The molecule has 0 bridgehead atoms. The minimum atomic E-state index is 0.0429. The Labute approximate surface area is 148 Å². The Balaban J connectivity index is 1.55. The van der Waals surface area contributed by atoms with Crippen molar-refractivity contribution in [2.45, 2.75) is 0 Å². The van der Waals surface area contributed by atoms with Gasteiger partial charge in [-0.1, -0.05) is 23.7 Å². The number of anilines is 1. The number of benzene rings is 1. The van der Waals surface area contributed by atoms with Crippen molar-refractivity contribution in [3.8, 4) is 11.3 Å². The van der Waals surface area contributed by atoms with Crippen molar-refractivity contribution < 1.29 is 4.79 Å². The van der Waals surface area contributed by atoms with Crippen LogP contribution in [0, 0.1) is 0 Å². The number of aromatic nitrogens is 1. The first-order valence-electron chi connectivity index (χ1n) is 7.23. The number of carbonyl (C=O) groups is 1. The first kappa shape index (κ1) is 16.6. The van der Waals surface area contributed by atoms with Crippen molar-refractivity contribution in [3.05, 3.63) is 34.7 Å². The summed E-state index contributed by atoms with van der Waals surface area (Å²) in [6.45, 7) is 3.39. The van der Waals surface area contributed by atoms with E-state index >= 15 is 0 Å². The summed E-state index contributed by atoms with van der Waals surface area (Å²) in [4.78, 5) is 20.8. The van der Waals surface area contributed by atoms with Crippen LogP contribution in [0.2, 0.25) is 5.02 Å². The number of likely N-dealkylation sites (N-methyl/N-ethyl adjacent to an activating group) is 1. The first-order valence-corrected chi connectivity index (χ1v) is 9.31. The first-order chi connectivity index (χ1) is 11.1. The summed E-state index contributed by atoms with van der Waals surface area (Å²) in [5.74, 6) is 0. The molecule has 1 aromatic heterocycles. The summed E-state index contributed by atoms with van der Waals surface area (Å²) in [6, 6.07) is 7.55. The van der Waals surface area contributed by atoms with E-state index in [-0.39, 0.29) is 5.24 Å². The molecular formula is C15H17ClN4OS2. The molecule has 0 saturated carbocycles. The number of hydrogen-bond donors (Lipinski definition) is 1. The van der Waals surface area contributed by atoms with Crippen molar-refractivity contribution in [2.75, 3.05) is 37.9 Å². The van der Waals surface area contributed by atoms with Crippen molar-refractivity contribution >= 4 is 45.3 Å². The Morgan fingerprint density at radius 3 is 2.65 bits per heavy atom. The molecule has 1 fully saturated rings. The van der Waals surface area contributed by atoms with Gasteiger partial charge in [0.2, 0.25) is 0 Å². The van der Waals surface area contributed by atoms with Crippen LogP contribution < -0.4 is 4.72 Å². The molecule has 3 rings (SSSR count). The molecule has 1 N–H and O–H groups in total. The van der Waals surface area contributed by atoms with Gasteiger partial charge in [0.25, 0.3) is 0 Å². The van der Waals surface area contributed by atoms with Gasteiger partial charge in [0.15, 0.2) is 5.13 Å². The Bertz CT molecular complexity index is 668. The molecule has 0 spiro atoms. The van der Waals surface area contributed by atoms with Gasteiger partial charge in [-0.2, -0.15) is 0 Å². The van der Waals surface area contributed by atoms with Crippen molar-refractivity contribution in [3.63, 3.8) is 0 Å². The third kappa shape index (κ3) is 4.38. The highest BCUT2D eigenvalue weighted by atomic mass is 35.5. The number of nitrogens with one attached hydrogen (secondary N) is 1. The lowest BCUT2D eigenvalue weighted by Gasteiger charge is -2.31. The molecule has 23 heavy (non-hydrogen) atoms. The van der Waals surface area contributed by atoms with E-state index in [0.717, 1.165) is 54.5 Å². The summed E-state index contributed by atoms with van der Waals surface area (Å²) < 4.78 is 3.05. The molecule has 1 aromatic carbocycles. The normalized spacial score (nSPS) is 15.7. The van der Waals surface area contributed by atoms with Gasteiger partial charge in [-0.15, -0.1) is 11.3 Å². The summed E-state index contributed by atoms with van der Waals surface area (Å²) in [5, 5.41) is 3.44. The van der Waals surface area contributed by atoms with Crippen LogP contribution in [-0.4, -0.2) is 53.2 Å². The Hall–Kier alpha value is -1.28. The molecule has 0 unspecified atom stereocenters. The van der Waals surface area contributed by atoms with E-state index in [2.05, 4.69) is 21.7 Å². The van der Waals surface area contributed by atoms with Gasteiger partial charge in [0.05, 0.1) is 5.69 Å². The highest BCUT2D eigenvalue weighted by molar-refractivity contribution is 8.14. The molecule has 8 heteroatoms. The monoisotopic (exact) mass is 368 g/mol. The number of rotatable bonds is 3. The van der Waals surface area contributed by atoms with Crippen molar-refractivity contribution in [2.24, 2.45) is 0 Å². The van der Waals surface area contributed by atoms with Gasteiger partial charge in [0, 0.05) is 54.1 Å². The van der Waals surface area contributed by atoms with Gasteiger partial charge in [-0.05, 0) is 19.2 Å². The maximum Gasteiger partial charge on any atom is 0.302 e. The molecule has 0 radical (unpaired) electrons. The standard InChI is InChI=1S/C15H17ClN4OS2/c1-19-6-8-20(9-7-19)15(21)23-18-14-17-13(10-22-14)11-2-4-12(16)5-3-11/h2-5,10H,6-9H2,1H3,(H,17,18). The minimum Gasteiger partial charge on any atom is -0.330 e. The number of carbonyl (C=O) groups excluding carboxylic acids is 1. The largest absolute Gasteiger partial charge is 0.330 e. The van der Waals surface area contributed by atoms with Crippen LogP contribution in [-0.2, 0) is 0 Å². The third-order valence-corrected chi connectivity index (χ3v) is 5.50. The van der Waals surface area contributed by atoms with E-state index in [0.29, 0.717) is 5.02 Å². The number of nitrogens with zero attached hydrogens (tertiary/aromatic N) is 3. The zero-order valence-corrected chi connectivity index (χ0v) is 15.0. The third-order valence-electron chi connectivity index (χ3n) is 3.63. The molecule has 2 aromatic rings. The maximum absolute atomic E-state index is 12.2. The summed E-state index contributed by atoms with van der Waals surface area (Å²) in [7, 11) is 2.07. The number of thiazole rings is 1. The predicted octanol–water partition coefficient (Wildman–Crippen LogP) is 3.89. The molecule has 5 nitrogen and oxygen atoms in total. The SMILES string of the molecule is CN1CCN(C(=O)SNc2nc(-c3ccc(Cl)cc3)cs2)CC1. The lowest BCUT2D eigenvalue weighted by atomic mass is 10.2. The average molecular weight is 369 g/mol. The topological polar surface area (TPSA) is 48.5 Å². The molecule has 0 aliphatic carbocycles. The molecule has 1 amide bonds. The second-order valence-electron chi connectivity index (χ2n) is 5.31. The fourth-order valence-electron chi connectivity index (χ4n) is 2.21. The van der Waals surface area contributed by atoms with Crippen LogP contribution in [0.25, 0.3) is 11.3 Å². The predicted molar refractivity (Wildman–Crippen MR) is 98.2 cm³/mol. The fourth-order valence-corrected chi connectivity index (χ4v) is 3.75. The maximum atomic E-state index is 12.2. The number of halogens is 1. The van der Waals surface area contributed by atoms with Crippen LogP contribution in [0.3, 0.4) is 0 Å². The van der Waals surface area contributed by atoms with Crippen LogP contribution in [0.15, 0.2) is 29.6 Å². The van der Waals surface area contributed by atoms with Crippen LogP contribution in [0.1, 0.15) is 0 Å². The number of hydrogen-bond acceptors (Lipinski definition) is 6. The second kappa shape index (κ2) is 7.53. The van der Waals surface area contributed by atoms with Gasteiger partial charge in [-0.3, -0.25) is 9.52 Å². The van der Waals surface area contributed by atoms with E-state index in [1.54, 1.807) is 0 Å². The van der Waals surface area contributed by atoms with Gasteiger partial charge >= 0.3 is 5.24 Å². The molecule has 1 aliphatic heterocycles. The minimum absolute atomic E-state index is 0.0429. The van der Waals surface area contributed by atoms with E-state index in [1.165, 1.54) is 11.3 Å². The summed E-state index contributed by atoms with van der Waals surface area (Å²) >= 11 is 8.47. The van der Waals surface area contributed by atoms with Gasteiger partial charge in [-0.25, -0.2) is 4.98 Å². The lowest BCUT2D eigenvalue weighted by Crippen LogP contribution is -2.46. The highest BCUT2D eigenvalue weighted by Crippen LogP contribution is 2.27. The molecule has 0 atom stereocenters. The summed E-state index contributed by atoms with van der Waals surface area (Å²) in [6.07, 6.45) is 0. The number of piperazine rings is 1. The van der Waals surface area contributed by atoms with Crippen LogP contribution >= 0.6 is 34.9 Å². The molecule has 1 saturated heterocycles. The van der Waals surface area contributed by atoms with E-state index < -0.39 is 0 Å².